The fourth-order valence-electron chi connectivity index (χ4n) is 1.61. The first-order chi connectivity index (χ1) is 8.79. The van der Waals surface area contributed by atoms with E-state index in [0.29, 0.717) is 25.6 Å². The Balaban J connectivity index is 1.68. The van der Waals surface area contributed by atoms with Crippen LogP contribution in [0.1, 0.15) is 19.8 Å². The Labute approximate surface area is 107 Å². The lowest BCUT2D eigenvalue weighted by molar-refractivity contribution is -0.122. The van der Waals surface area contributed by atoms with Crippen LogP contribution < -0.4 is 15.4 Å². The molecule has 1 aromatic heterocycles. The quantitative estimate of drug-likeness (QED) is 0.717. The van der Waals surface area contributed by atoms with Gasteiger partial charge in [-0.05, 0) is 25.8 Å². The summed E-state index contributed by atoms with van der Waals surface area (Å²) in [5, 5.41) is 6.05. The molecule has 5 heteroatoms. The molecule has 0 radical (unpaired) electrons. The predicted molar refractivity (Wildman–Crippen MR) is 69.6 cm³/mol. The van der Waals surface area contributed by atoms with E-state index in [-0.39, 0.29) is 11.8 Å². The third kappa shape index (κ3) is 3.91. The molecule has 0 spiro atoms. The molecule has 2 N–H and O–H groups in total. The van der Waals surface area contributed by atoms with Crippen LogP contribution in [-0.2, 0) is 4.79 Å². The van der Waals surface area contributed by atoms with E-state index in [4.69, 9.17) is 4.74 Å². The average molecular weight is 249 g/mol. The highest BCUT2D eigenvalue weighted by Crippen LogP contribution is 2.28. The van der Waals surface area contributed by atoms with E-state index in [1.54, 1.807) is 0 Å². The second-order valence-electron chi connectivity index (χ2n) is 4.29. The molecule has 1 aliphatic rings. The summed E-state index contributed by atoms with van der Waals surface area (Å²) in [5.41, 5.74) is 0. The Bertz CT molecular complexity index is 405. The maximum absolute atomic E-state index is 11.4. The van der Waals surface area contributed by atoms with Gasteiger partial charge in [0.2, 0.25) is 11.8 Å². The number of pyridine rings is 1. The molecule has 0 aliphatic heterocycles. The lowest BCUT2D eigenvalue weighted by Gasteiger charge is -2.08. The second kappa shape index (κ2) is 6.23. The zero-order valence-corrected chi connectivity index (χ0v) is 10.6. The van der Waals surface area contributed by atoms with Crippen molar-refractivity contribution in [1.29, 1.82) is 0 Å². The Morgan fingerprint density at radius 2 is 2.28 bits per heavy atom. The van der Waals surface area contributed by atoms with E-state index in [2.05, 4.69) is 15.6 Å². The van der Waals surface area contributed by atoms with Gasteiger partial charge in [0, 0.05) is 25.1 Å². The number of rotatable bonds is 7. The molecule has 0 bridgehead atoms. The van der Waals surface area contributed by atoms with E-state index in [9.17, 15) is 4.79 Å². The lowest BCUT2D eigenvalue weighted by atomic mass is 10.4. The molecule has 1 saturated carbocycles. The van der Waals surface area contributed by atoms with Crippen molar-refractivity contribution in [3.63, 3.8) is 0 Å². The number of carbonyl (C=O) groups excluding carboxylic acids is 1. The van der Waals surface area contributed by atoms with Crippen molar-refractivity contribution in [3.05, 3.63) is 18.2 Å². The Morgan fingerprint density at radius 1 is 1.44 bits per heavy atom. The molecule has 1 fully saturated rings. The average Bonchev–Trinajstić information content (AvgIpc) is 3.19. The van der Waals surface area contributed by atoms with E-state index in [0.717, 1.165) is 18.7 Å². The molecule has 0 unspecified atom stereocenters. The number of nitrogens with zero attached hydrogens (tertiary/aromatic N) is 1. The number of amides is 1. The fourth-order valence-corrected chi connectivity index (χ4v) is 1.61. The van der Waals surface area contributed by atoms with Crippen molar-refractivity contribution >= 4 is 11.7 Å². The highest BCUT2D eigenvalue weighted by molar-refractivity contribution is 5.80. The van der Waals surface area contributed by atoms with Crippen molar-refractivity contribution in [3.8, 4) is 5.88 Å². The molecule has 98 valence electrons. The topological polar surface area (TPSA) is 63.2 Å². The number of hydrogen-bond acceptors (Lipinski definition) is 4. The summed E-state index contributed by atoms with van der Waals surface area (Å²) < 4.78 is 5.31. The van der Waals surface area contributed by atoms with E-state index in [1.807, 2.05) is 25.1 Å². The number of ether oxygens (including phenoxy) is 1. The Kier molecular flexibility index (Phi) is 4.39. The molecule has 0 aromatic carbocycles. The fraction of sp³-hybridized carbons (Fsp3) is 0.538. The van der Waals surface area contributed by atoms with Crippen molar-refractivity contribution in [2.45, 2.75) is 19.8 Å². The molecule has 1 aromatic rings. The third-order valence-electron chi connectivity index (χ3n) is 2.69. The van der Waals surface area contributed by atoms with Crippen LogP contribution in [0.25, 0.3) is 0 Å². The minimum Gasteiger partial charge on any atom is -0.478 e. The third-order valence-corrected chi connectivity index (χ3v) is 2.69. The highest BCUT2D eigenvalue weighted by atomic mass is 16.5. The van der Waals surface area contributed by atoms with Gasteiger partial charge in [0.15, 0.2) is 0 Å². The monoisotopic (exact) mass is 249 g/mol. The number of hydrogen-bond donors (Lipinski definition) is 2. The maximum Gasteiger partial charge on any atom is 0.223 e. The van der Waals surface area contributed by atoms with Crippen LogP contribution in [0.4, 0.5) is 5.82 Å². The van der Waals surface area contributed by atoms with Gasteiger partial charge < -0.3 is 15.4 Å². The molecular weight excluding hydrogens is 230 g/mol. The summed E-state index contributed by atoms with van der Waals surface area (Å²) in [6.07, 6.45) is 2.08. The molecule has 1 amide bonds. The normalized spacial score (nSPS) is 14.1. The summed E-state index contributed by atoms with van der Waals surface area (Å²) in [6.45, 7) is 3.82. The maximum atomic E-state index is 11.4. The van der Waals surface area contributed by atoms with Gasteiger partial charge in [0.25, 0.3) is 0 Å². The van der Waals surface area contributed by atoms with Crippen LogP contribution in [0.5, 0.6) is 5.88 Å². The molecule has 5 nitrogen and oxygen atoms in total. The summed E-state index contributed by atoms with van der Waals surface area (Å²) in [5.74, 6) is 1.82. The molecule has 1 heterocycles. The molecular formula is C13H19N3O2. The molecule has 1 aliphatic carbocycles. The predicted octanol–water partition coefficient (Wildman–Crippen LogP) is 1.42. The van der Waals surface area contributed by atoms with Gasteiger partial charge in [-0.1, -0.05) is 6.07 Å². The first-order valence-corrected chi connectivity index (χ1v) is 6.41. The summed E-state index contributed by atoms with van der Waals surface area (Å²) >= 11 is 0. The van der Waals surface area contributed by atoms with Gasteiger partial charge in [-0.3, -0.25) is 4.79 Å². The lowest BCUT2D eigenvalue weighted by Crippen LogP contribution is -2.29. The second-order valence-corrected chi connectivity index (χ2v) is 4.29. The standard InChI is InChI=1S/C13H19N3O2/c1-2-18-12-5-3-4-11(16-12)14-8-9-15-13(17)10-6-7-10/h3-5,10H,2,6-9H2,1H3,(H,14,16)(H,15,17). The van der Waals surface area contributed by atoms with Gasteiger partial charge >= 0.3 is 0 Å². The van der Waals surface area contributed by atoms with Gasteiger partial charge in [0.1, 0.15) is 5.82 Å². The minimum absolute atomic E-state index is 0.174. The number of nitrogens with one attached hydrogen (secondary N) is 2. The highest BCUT2D eigenvalue weighted by Gasteiger charge is 2.28. The van der Waals surface area contributed by atoms with E-state index in [1.165, 1.54) is 0 Å². The first kappa shape index (κ1) is 12.7. The minimum atomic E-state index is 0.174. The SMILES string of the molecule is CCOc1cccc(NCCNC(=O)C2CC2)n1. The summed E-state index contributed by atoms with van der Waals surface area (Å²) in [4.78, 5) is 15.7. The van der Waals surface area contributed by atoms with Gasteiger partial charge in [0.05, 0.1) is 6.61 Å². The van der Waals surface area contributed by atoms with Crippen molar-refractivity contribution in [2.75, 3.05) is 25.0 Å². The van der Waals surface area contributed by atoms with Gasteiger partial charge in [-0.15, -0.1) is 0 Å². The number of anilines is 1. The number of aromatic nitrogens is 1. The van der Waals surface area contributed by atoms with Crippen LogP contribution in [0.15, 0.2) is 18.2 Å². The van der Waals surface area contributed by atoms with E-state index >= 15 is 0 Å². The molecule has 2 rings (SSSR count). The van der Waals surface area contributed by atoms with Crippen molar-refractivity contribution < 1.29 is 9.53 Å². The summed E-state index contributed by atoms with van der Waals surface area (Å²) in [6, 6.07) is 5.60. The largest absolute Gasteiger partial charge is 0.478 e. The molecule has 18 heavy (non-hydrogen) atoms. The van der Waals surface area contributed by atoms with Gasteiger partial charge in [-0.2, -0.15) is 4.98 Å². The Hall–Kier alpha value is -1.78. The zero-order chi connectivity index (χ0) is 12.8. The summed E-state index contributed by atoms with van der Waals surface area (Å²) in [7, 11) is 0. The van der Waals surface area contributed by atoms with Crippen LogP contribution in [0.3, 0.4) is 0 Å². The van der Waals surface area contributed by atoms with Crippen LogP contribution in [0.2, 0.25) is 0 Å². The van der Waals surface area contributed by atoms with Crippen LogP contribution in [0, 0.1) is 5.92 Å². The van der Waals surface area contributed by atoms with E-state index < -0.39 is 0 Å². The van der Waals surface area contributed by atoms with Crippen LogP contribution in [-0.4, -0.2) is 30.6 Å². The number of carbonyl (C=O) groups is 1. The Morgan fingerprint density at radius 3 is 3.00 bits per heavy atom. The zero-order valence-electron chi connectivity index (χ0n) is 10.6. The van der Waals surface area contributed by atoms with Crippen molar-refractivity contribution in [1.82, 2.24) is 10.3 Å². The van der Waals surface area contributed by atoms with Crippen molar-refractivity contribution in [2.24, 2.45) is 5.92 Å². The van der Waals surface area contributed by atoms with Crippen LogP contribution >= 0.6 is 0 Å². The first-order valence-electron chi connectivity index (χ1n) is 6.41. The molecule has 0 atom stereocenters. The smallest absolute Gasteiger partial charge is 0.223 e. The van der Waals surface area contributed by atoms with Gasteiger partial charge in [-0.25, -0.2) is 0 Å². The molecule has 0 saturated heterocycles.